The molecule has 168 valence electrons. The molecular weight excluding hydrogens is 436 g/mol. The highest BCUT2D eigenvalue weighted by atomic mass is 14.6. The summed E-state index contributed by atoms with van der Waals surface area (Å²) in [6.07, 6.45) is 3.68. The molecule has 0 aliphatic rings. The summed E-state index contributed by atoms with van der Waals surface area (Å²) >= 11 is 0. The van der Waals surface area contributed by atoms with Crippen LogP contribution < -0.4 is 0 Å². The molecule has 8 rings (SSSR count). The quantitative estimate of drug-likeness (QED) is 0.167. The van der Waals surface area contributed by atoms with E-state index in [1.807, 2.05) is 24.5 Å². The summed E-state index contributed by atoms with van der Waals surface area (Å²) in [5.74, 6) is 0. The number of aromatic nitrogens is 2. The Labute approximate surface area is 208 Å². The summed E-state index contributed by atoms with van der Waals surface area (Å²) in [4.78, 5) is 8.82. The first-order valence-electron chi connectivity index (χ1n) is 12.2. The third-order valence-corrected chi connectivity index (χ3v) is 6.93. The van der Waals surface area contributed by atoms with Crippen LogP contribution in [-0.4, -0.2) is 9.97 Å². The zero-order chi connectivity index (χ0) is 23.9. The Balaban J connectivity index is 0.000000122. The highest BCUT2D eigenvalue weighted by Crippen LogP contribution is 2.29. The minimum Gasteiger partial charge on any atom is -0.256 e. The van der Waals surface area contributed by atoms with Gasteiger partial charge >= 0.3 is 0 Å². The molecule has 0 spiro atoms. The summed E-state index contributed by atoms with van der Waals surface area (Å²) in [5, 5.41) is 12.7. The predicted octanol–water partition coefficient (Wildman–Crippen LogP) is 9.08. The summed E-state index contributed by atoms with van der Waals surface area (Å²) in [6.45, 7) is 0. The zero-order valence-electron chi connectivity index (χ0n) is 19.6. The molecular formula is C34H22N2. The van der Waals surface area contributed by atoms with E-state index in [0.29, 0.717) is 0 Å². The standard InChI is InChI=1S/2C17H11N/c2*1-2-5-13-11-16-14(10-12(13)4-1)7-8-17-15(16)6-3-9-18-17/h2*1-11H. The number of hydrogen-bond donors (Lipinski definition) is 0. The van der Waals surface area contributed by atoms with E-state index in [2.05, 4.69) is 119 Å². The van der Waals surface area contributed by atoms with Crippen LogP contribution in [0.1, 0.15) is 0 Å². The molecule has 0 saturated heterocycles. The fraction of sp³-hybridized carbons (Fsp3) is 0. The second kappa shape index (κ2) is 8.44. The van der Waals surface area contributed by atoms with Crippen molar-refractivity contribution in [3.8, 4) is 0 Å². The Bertz CT molecular complexity index is 1890. The molecule has 0 bridgehead atoms. The molecule has 0 unspecified atom stereocenters. The molecule has 0 atom stereocenters. The molecule has 0 radical (unpaired) electrons. The SMILES string of the molecule is c1ccc2cc3c(ccc4ncccc43)cc2c1.c1ccc2cc3c(ccc4ncccc43)cc2c1. The van der Waals surface area contributed by atoms with Gasteiger partial charge in [0.15, 0.2) is 0 Å². The molecule has 6 aromatic carbocycles. The minimum atomic E-state index is 1.06. The molecule has 0 saturated carbocycles. The van der Waals surface area contributed by atoms with Crippen molar-refractivity contribution in [2.24, 2.45) is 0 Å². The van der Waals surface area contributed by atoms with Gasteiger partial charge in [-0.05, 0) is 91.6 Å². The normalized spacial score (nSPS) is 11.3. The second-order valence-electron chi connectivity index (χ2n) is 9.11. The highest BCUT2D eigenvalue weighted by Gasteiger charge is 2.04. The maximum absolute atomic E-state index is 4.41. The molecule has 2 heterocycles. The van der Waals surface area contributed by atoms with Gasteiger partial charge in [0.1, 0.15) is 0 Å². The van der Waals surface area contributed by atoms with Crippen molar-refractivity contribution in [3.63, 3.8) is 0 Å². The molecule has 2 nitrogen and oxygen atoms in total. The van der Waals surface area contributed by atoms with Gasteiger partial charge in [-0.25, -0.2) is 0 Å². The fourth-order valence-electron chi connectivity index (χ4n) is 5.15. The zero-order valence-corrected chi connectivity index (χ0v) is 19.6. The molecule has 0 N–H and O–H groups in total. The number of nitrogens with zero attached hydrogens (tertiary/aromatic N) is 2. The van der Waals surface area contributed by atoms with Crippen molar-refractivity contribution < 1.29 is 0 Å². The number of hydrogen-bond acceptors (Lipinski definition) is 2. The van der Waals surface area contributed by atoms with Crippen LogP contribution >= 0.6 is 0 Å². The smallest absolute Gasteiger partial charge is 0.0708 e. The summed E-state index contributed by atoms with van der Waals surface area (Å²) in [7, 11) is 0. The van der Waals surface area contributed by atoms with Crippen LogP contribution in [0.5, 0.6) is 0 Å². The molecule has 0 aliphatic heterocycles. The van der Waals surface area contributed by atoms with Gasteiger partial charge in [0.05, 0.1) is 11.0 Å². The average Bonchev–Trinajstić information content (AvgIpc) is 2.95. The van der Waals surface area contributed by atoms with E-state index in [1.54, 1.807) is 0 Å². The first kappa shape index (κ1) is 20.5. The Morgan fingerprint density at radius 3 is 1.17 bits per heavy atom. The Kier molecular flexibility index (Phi) is 4.82. The van der Waals surface area contributed by atoms with Crippen LogP contribution in [0.25, 0.3) is 64.9 Å². The fourth-order valence-corrected chi connectivity index (χ4v) is 5.15. The lowest BCUT2D eigenvalue weighted by molar-refractivity contribution is 1.42. The van der Waals surface area contributed by atoms with E-state index < -0.39 is 0 Å². The van der Waals surface area contributed by atoms with E-state index in [0.717, 1.165) is 11.0 Å². The molecule has 2 aromatic heterocycles. The third kappa shape index (κ3) is 3.52. The van der Waals surface area contributed by atoms with Crippen LogP contribution in [0.15, 0.2) is 134 Å². The van der Waals surface area contributed by atoms with E-state index in [1.165, 1.54) is 53.9 Å². The van der Waals surface area contributed by atoms with E-state index >= 15 is 0 Å². The predicted molar refractivity (Wildman–Crippen MR) is 154 cm³/mol. The number of rotatable bonds is 0. The van der Waals surface area contributed by atoms with Crippen LogP contribution in [0.4, 0.5) is 0 Å². The van der Waals surface area contributed by atoms with Gasteiger partial charge in [-0.3, -0.25) is 9.97 Å². The molecule has 0 amide bonds. The van der Waals surface area contributed by atoms with Gasteiger partial charge in [0.25, 0.3) is 0 Å². The minimum absolute atomic E-state index is 1.06. The van der Waals surface area contributed by atoms with E-state index in [9.17, 15) is 0 Å². The van der Waals surface area contributed by atoms with Gasteiger partial charge in [-0.15, -0.1) is 0 Å². The van der Waals surface area contributed by atoms with E-state index in [-0.39, 0.29) is 0 Å². The number of benzene rings is 6. The van der Waals surface area contributed by atoms with Gasteiger partial charge in [0, 0.05) is 23.2 Å². The molecule has 36 heavy (non-hydrogen) atoms. The van der Waals surface area contributed by atoms with Gasteiger partial charge in [-0.1, -0.05) is 72.8 Å². The number of pyridine rings is 2. The topological polar surface area (TPSA) is 25.8 Å². The van der Waals surface area contributed by atoms with Gasteiger partial charge in [-0.2, -0.15) is 0 Å². The van der Waals surface area contributed by atoms with Crippen LogP contribution in [-0.2, 0) is 0 Å². The maximum Gasteiger partial charge on any atom is 0.0708 e. The maximum atomic E-state index is 4.41. The van der Waals surface area contributed by atoms with Crippen molar-refractivity contribution in [1.29, 1.82) is 0 Å². The molecule has 8 aromatic rings. The van der Waals surface area contributed by atoms with Gasteiger partial charge < -0.3 is 0 Å². The lowest BCUT2D eigenvalue weighted by Gasteiger charge is -2.05. The van der Waals surface area contributed by atoms with Crippen molar-refractivity contribution in [2.45, 2.75) is 0 Å². The first-order chi connectivity index (χ1) is 17.8. The second-order valence-corrected chi connectivity index (χ2v) is 9.11. The average molecular weight is 459 g/mol. The van der Waals surface area contributed by atoms with Crippen molar-refractivity contribution >= 4 is 64.9 Å². The van der Waals surface area contributed by atoms with Crippen LogP contribution in [0.3, 0.4) is 0 Å². The first-order valence-corrected chi connectivity index (χ1v) is 12.2. The lowest BCUT2D eigenvalue weighted by Crippen LogP contribution is -1.81. The Morgan fingerprint density at radius 2 is 0.722 bits per heavy atom. The number of fused-ring (bicyclic) bond motifs is 8. The largest absolute Gasteiger partial charge is 0.256 e. The van der Waals surface area contributed by atoms with Gasteiger partial charge in [0.2, 0.25) is 0 Å². The highest BCUT2D eigenvalue weighted by molar-refractivity contribution is 6.12. The Morgan fingerprint density at radius 1 is 0.306 bits per heavy atom. The molecule has 0 aliphatic carbocycles. The van der Waals surface area contributed by atoms with Crippen molar-refractivity contribution in [3.05, 3.63) is 134 Å². The van der Waals surface area contributed by atoms with E-state index in [4.69, 9.17) is 0 Å². The Hall–Kier alpha value is -4.82. The van der Waals surface area contributed by atoms with Crippen molar-refractivity contribution in [1.82, 2.24) is 9.97 Å². The van der Waals surface area contributed by atoms with Crippen LogP contribution in [0.2, 0.25) is 0 Å². The van der Waals surface area contributed by atoms with Crippen molar-refractivity contribution in [2.75, 3.05) is 0 Å². The summed E-state index contributed by atoms with van der Waals surface area (Å²) < 4.78 is 0. The van der Waals surface area contributed by atoms with Crippen LogP contribution in [0, 0.1) is 0 Å². The summed E-state index contributed by atoms with van der Waals surface area (Å²) in [5.41, 5.74) is 2.11. The molecule has 0 fully saturated rings. The monoisotopic (exact) mass is 458 g/mol. The lowest BCUT2D eigenvalue weighted by atomic mass is 10.0. The summed E-state index contributed by atoms with van der Waals surface area (Å²) in [6, 6.07) is 42.7. The molecule has 2 heteroatoms. The third-order valence-electron chi connectivity index (χ3n) is 6.93.